The highest BCUT2D eigenvalue weighted by molar-refractivity contribution is 7.11. The van der Waals surface area contributed by atoms with E-state index >= 15 is 0 Å². The third kappa shape index (κ3) is 6.44. The SMILES string of the molecule is CCCN(CC(=O)N(Cc1ccccc1)Cc1ccc(C)s1)C(=O)c1cccc(OC)c1. The first-order chi connectivity index (χ1) is 15.5. The summed E-state index contributed by atoms with van der Waals surface area (Å²) in [6.45, 7) is 5.66. The van der Waals surface area contributed by atoms with Gasteiger partial charge >= 0.3 is 0 Å². The summed E-state index contributed by atoms with van der Waals surface area (Å²) in [5, 5.41) is 0. The number of hydrogen-bond donors (Lipinski definition) is 0. The molecule has 5 nitrogen and oxygen atoms in total. The molecule has 0 spiro atoms. The van der Waals surface area contributed by atoms with Crippen LogP contribution in [0, 0.1) is 6.92 Å². The predicted molar refractivity (Wildman–Crippen MR) is 129 cm³/mol. The summed E-state index contributed by atoms with van der Waals surface area (Å²) in [7, 11) is 1.57. The van der Waals surface area contributed by atoms with E-state index in [1.165, 1.54) is 4.88 Å². The smallest absolute Gasteiger partial charge is 0.254 e. The van der Waals surface area contributed by atoms with Crippen LogP contribution in [0.2, 0.25) is 0 Å². The summed E-state index contributed by atoms with van der Waals surface area (Å²) < 4.78 is 5.25. The molecular weight excluding hydrogens is 420 g/mol. The van der Waals surface area contributed by atoms with Crippen LogP contribution in [-0.4, -0.2) is 41.8 Å². The van der Waals surface area contributed by atoms with Gasteiger partial charge in [0.25, 0.3) is 5.91 Å². The van der Waals surface area contributed by atoms with Crippen molar-refractivity contribution in [1.29, 1.82) is 0 Å². The van der Waals surface area contributed by atoms with Crippen molar-refractivity contribution in [1.82, 2.24) is 9.80 Å². The lowest BCUT2D eigenvalue weighted by Gasteiger charge is -2.27. The second kappa shape index (κ2) is 11.5. The van der Waals surface area contributed by atoms with Crippen LogP contribution in [0.15, 0.2) is 66.7 Å². The molecular formula is C26H30N2O3S. The molecule has 0 aliphatic rings. The summed E-state index contributed by atoms with van der Waals surface area (Å²) in [5.74, 6) is 0.396. The fourth-order valence-corrected chi connectivity index (χ4v) is 4.42. The van der Waals surface area contributed by atoms with Gasteiger partial charge in [-0.15, -0.1) is 11.3 Å². The maximum Gasteiger partial charge on any atom is 0.254 e. The van der Waals surface area contributed by atoms with Gasteiger partial charge in [-0.3, -0.25) is 9.59 Å². The van der Waals surface area contributed by atoms with E-state index in [4.69, 9.17) is 4.74 Å². The third-order valence-corrected chi connectivity index (χ3v) is 6.12. The molecule has 0 atom stereocenters. The molecule has 1 aromatic heterocycles. The Hall–Kier alpha value is -3.12. The normalized spacial score (nSPS) is 10.6. The highest BCUT2D eigenvalue weighted by Gasteiger charge is 2.23. The summed E-state index contributed by atoms with van der Waals surface area (Å²) in [6.07, 6.45) is 0.770. The molecule has 3 aromatic rings. The molecule has 6 heteroatoms. The van der Waals surface area contributed by atoms with Gasteiger partial charge in [0, 0.05) is 28.4 Å². The second-order valence-electron chi connectivity index (χ2n) is 7.71. The lowest BCUT2D eigenvalue weighted by atomic mass is 10.1. The van der Waals surface area contributed by atoms with E-state index in [-0.39, 0.29) is 18.4 Å². The molecule has 0 aliphatic carbocycles. The van der Waals surface area contributed by atoms with Crippen LogP contribution in [0.25, 0.3) is 0 Å². The first-order valence-corrected chi connectivity index (χ1v) is 11.6. The molecule has 0 radical (unpaired) electrons. The molecule has 0 fully saturated rings. The summed E-state index contributed by atoms with van der Waals surface area (Å²) >= 11 is 1.69. The molecule has 0 bridgehead atoms. The first kappa shape index (κ1) is 23.5. The Bertz CT molecular complexity index is 1030. The van der Waals surface area contributed by atoms with Gasteiger partial charge in [-0.2, -0.15) is 0 Å². The minimum absolute atomic E-state index is 0.0427. The van der Waals surface area contributed by atoms with Crippen LogP contribution < -0.4 is 4.74 Å². The zero-order chi connectivity index (χ0) is 22.9. The maximum atomic E-state index is 13.4. The molecule has 3 rings (SSSR count). The molecule has 0 N–H and O–H groups in total. The number of aryl methyl sites for hydroxylation is 1. The number of ether oxygens (including phenoxy) is 1. The number of rotatable bonds is 10. The largest absolute Gasteiger partial charge is 0.497 e. The Morgan fingerprint density at radius 1 is 0.938 bits per heavy atom. The van der Waals surface area contributed by atoms with E-state index < -0.39 is 0 Å². The van der Waals surface area contributed by atoms with Crippen molar-refractivity contribution in [3.05, 3.63) is 87.6 Å². The van der Waals surface area contributed by atoms with Crippen molar-refractivity contribution < 1.29 is 14.3 Å². The molecule has 168 valence electrons. The number of hydrogen-bond acceptors (Lipinski definition) is 4. The van der Waals surface area contributed by atoms with E-state index in [1.54, 1.807) is 47.6 Å². The van der Waals surface area contributed by atoms with E-state index in [9.17, 15) is 9.59 Å². The lowest BCUT2D eigenvalue weighted by Crippen LogP contribution is -2.42. The van der Waals surface area contributed by atoms with Crippen LogP contribution >= 0.6 is 11.3 Å². The number of benzene rings is 2. The highest BCUT2D eigenvalue weighted by Crippen LogP contribution is 2.20. The molecule has 0 aliphatic heterocycles. The van der Waals surface area contributed by atoms with E-state index in [1.807, 2.05) is 42.2 Å². The number of carbonyl (C=O) groups excluding carboxylic acids is 2. The average molecular weight is 451 g/mol. The molecule has 32 heavy (non-hydrogen) atoms. The van der Waals surface area contributed by atoms with Gasteiger partial charge in [-0.25, -0.2) is 0 Å². The molecule has 2 amide bonds. The zero-order valence-electron chi connectivity index (χ0n) is 18.9. The molecule has 1 heterocycles. The van der Waals surface area contributed by atoms with Gasteiger partial charge < -0.3 is 14.5 Å². The predicted octanol–water partition coefficient (Wildman–Crippen LogP) is 5.15. The average Bonchev–Trinajstić information content (AvgIpc) is 3.23. The fraction of sp³-hybridized carbons (Fsp3) is 0.308. The Kier molecular flexibility index (Phi) is 8.45. The molecule has 0 saturated heterocycles. The summed E-state index contributed by atoms with van der Waals surface area (Å²) in [5.41, 5.74) is 1.59. The number of amides is 2. The topological polar surface area (TPSA) is 49.9 Å². The minimum Gasteiger partial charge on any atom is -0.497 e. The van der Waals surface area contributed by atoms with Gasteiger partial charge in [-0.05, 0) is 49.2 Å². The minimum atomic E-state index is -0.161. The quantitative estimate of drug-likeness (QED) is 0.429. The van der Waals surface area contributed by atoms with Gasteiger partial charge in [0.05, 0.1) is 13.7 Å². The monoisotopic (exact) mass is 450 g/mol. The van der Waals surface area contributed by atoms with Crippen LogP contribution in [0.3, 0.4) is 0 Å². The zero-order valence-corrected chi connectivity index (χ0v) is 19.7. The van der Waals surface area contributed by atoms with Gasteiger partial charge in [0.15, 0.2) is 0 Å². The van der Waals surface area contributed by atoms with E-state index in [2.05, 4.69) is 19.1 Å². The van der Waals surface area contributed by atoms with Crippen LogP contribution in [0.5, 0.6) is 5.75 Å². The highest BCUT2D eigenvalue weighted by atomic mass is 32.1. The van der Waals surface area contributed by atoms with E-state index in [0.717, 1.165) is 16.9 Å². The van der Waals surface area contributed by atoms with Crippen molar-refractivity contribution >= 4 is 23.2 Å². The Labute approximate surface area is 194 Å². The first-order valence-electron chi connectivity index (χ1n) is 10.8. The molecule has 0 unspecified atom stereocenters. The van der Waals surface area contributed by atoms with Crippen molar-refractivity contribution in [2.45, 2.75) is 33.4 Å². The summed E-state index contributed by atoms with van der Waals surface area (Å²) in [6, 6.07) is 21.2. The van der Waals surface area contributed by atoms with Crippen LogP contribution in [-0.2, 0) is 17.9 Å². The van der Waals surface area contributed by atoms with Crippen molar-refractivity contribution in [3.63, 3.8) is 0 Å². The lowest BCUT2D eigenvalue weighted by molar-refractivity contribution is -0.133. The standard InChI is InChI=1S/C26H30N2O3S/c1-4-15-27(26(30)22-11-8-12-23(16-22)31-3)19-25(29)28(17-21-9-6-5-7-10-21)18-24-14-13-20(2)32-24/h5-14,16H,4,15,17-19H2,1-3H3. The van der Waals surface area contributed by atoms with E-state index in [0.29, 0.717) is 30.9 Å². The Morgan fingerprint density at radius 2 is 1.72 bits per heavy atom. The van der Waals surface area contributed by atoms with Crippen LogP contribution in [0.4, 0.5) is 0 Å². The number of thiophene rings is 1. The maximum absolute atomic E-state index is 13.4. The number of nitrogens with zero attached hydrogens (tertiary/aromatic N) is 2. The fourth-order valence-electron chi connectivity index (χ4n) is 3.52. The van der Waals surface area contributed by atoms with Crippen molar-refractivity contribution in [2.24, 2.45) is 0 Å². The molecule has 0 saturated carbocycles. The van der Waals surface area contributed by atoms with Gasteiger partial charge in [0.2, 0.25) is 5.91 Å². The number of carbonyl (C=O) groups is 2. The van der Waals surface area contributed by atoms with Gasteiger partial charge in [-0.1, -0.05) is 43.3 Å². The third-order valence-electron chi connectivity index (χ3n) is 5.14. The van der Waals surface area contributed by atoms with Crippen molar-refractivity contribution in [2.75, 3.05) is 20.2 Å². The van der Waals surface area contributed by atoms with Crippen LogP contribution in [0.1, 0.15) is 39.0 Å². The summed E-state index contributed by atoms with van der Waals surface area (Å²) in [4.78, 5) is 32.4. The van der Waals surface area contributed by atoms with Gasteiger partial charge in [0.1, 0.15) is 12.3 Å². The second-order valence-corrected chi connectivity index (χ2v) is 9.08. The van der Waals surface area contributed by atoms with Crippen molar-refractivity contribution in [3.8, 4) is 5.75 Å². The Morgan fingerprint density at radius 3 is 2.38 bits per heavy atom. The number of methoxy groups -OCH3 is 1. The Balaban J connectivity index is 1.79. The molecule has 2 aromatic carbocycles.